The molecule has 0 saturated carbocycles. The Balaban J connectivity index is 1.82. The zero-order valence-electron chi connectivity index (χ0n) is 12.8. The zero-order valence-corrected chi connectivity index (χ0v) is 13.6. The minimum absolute atomic E-state index is 0.183. The number of methoxy groups -OCH3 is 1. The van der Waals surface area contributed by atoms with E-state index in [-0.39, 0.29) is 23.2 Å². The molecule has 24 heavy (non-hydrogen) atoms. The molecule has 3 rings (SSSR count). The number of benzene rings is 2. The SMILES string of the molecule is COc1ccc(NC(=O)Cn2nc(Cl)c3ccccc3c2=O)cc1. The van der Waals surface area contributed by atoms with Crippen molar-refractivity contribution >= 4 is 34.0 Å². The van der Waals surface area contributed by atoms with Gasteiger partial charge in [0.2, 0.25) is 5.91 Å². The summed E-state index contributed by atoms with van der Waals surface area (Å²) in [7, 11) is 1.56. The first-order valence-electron chi connectivity index (χ1n) is 7.18. The fourth-order valence-electron chi connectivity index (χ4n) is 2.31. The molecular weight excluding hydrogens is 330 g/mol. The van der Waals surface area contributed by atoms with Crippen LogP contribution in [0.5, 0.6) is 5.75 Å². The van der Waals surface area contributed by atoms with E-state index >= 15 is 0 Å². The third-order valence-corrected chi connectivity index (χ3v) is 3.77. The van der Waals surface area contributed by atoms with Gasteiger partial charge in [0.25, 0.3) is 5.56 Å². The molecule has 0 unspecified atom stereocenters. The van der Waals surface area contributed by atoms with Crippen LogP contribution in [0.3, 0.4) is 0 Å². The number of nitrogens with one attached hydrogen (secondary N) is 1. The smallest absolute Gasteiger partial charge is 0.275 e. The lowest BCUT2D eigenvalue weighted by Crippen LogP contribution is -2.29. The molecule has 3 aromatic rings. The number of ether oxygens (including phenoxy) is 1. The van der Waals surface area contributed by atoms with Crippen LogP contribution >= 0.6 is 11.6 Å². The molecule has 6 nitrogen and oxygen atoms in total. The number of carbonyl (C=O) groups is 1. The van der Waals surface area contributed by atoms with Gasteiger partial charge in [-0.1, -0.05) is 29.8 Å². The molecule has 1 heterocycles. The van der Waals surface area contributed by atoms with Gasteiger partial charge in [-0.3, -0.25) is 9.59 Å². The second-order valence-corrected chi connectivity index (χ2v) is 5.43. The van der Waals surface area contributed by atoms with E-state index in [0.717, 1.165) is 4.68 Å². The monoisotopic (exact) mass is 343 g/mol. The first-order chi connectivity index (χ1) is 11.6. The lowest BCUT2D eigenvalue weighted by atomic mass is 10.2. The van der Waals surface area contributed by atoms with Gasteiger partial charge < -0.3 is 10.1 Å². The predicted octanol–water partition coefficient (Wildman–Crippen LogP) is 2.70. The van der Waals surface area contributed by atoms with Crippen LogP contribution < -0.4 is 15.6 Å². The quantitative estimate of drug-likeness (QED) is 0.790. The van der Waals surface area contributed by atoms with Gasteiger partial charge in [0.05, 0.1) is 12.5 Å². The topological polar surface area (TPSA) is 73.2 Å². The van der Waals surface area contributed by atoms with Gasteiger partial charge >= 0.3 is 0 Å². The molecule has 1 N–H and O–H groups in total. The Bertz CT molecular complexity index is 951. The molecule has 0 fully saturated rings. The van der Waals surface area contributed by atoms with Crippen molar-refractivity contribution in [2.75, 3.05) is 12.4 Å². The van der Waals surface area contributed by atoms with Crippen LogP contribution in [0.15, 0.2) is 53.3 Å². The molecule has 2 aromatic carbocycles. The molecule has 0 atom stereocenters. The first-order valence-corrected chi connectivity index (χ1v) is 7.55. The van der Waals surface area contributed by atoms with Crippen molar-refractivity contribution in [3.8, 4) is 5.75 Å². The van der Waals surface area contributed by atoms with Crippen LogP contribution in [0.1, 0.15) is 0 Å². The van der Waals surface area contributed by atoms with Gasteiger partial charge in [0.15, 0.2) is 5.15 Å². The molecule has 122 valence electrons. The number of aromatic nitrogens is 2. The highest BCUT2D eigenvalue weighted by Gasteiger charge is 2.11. The van der Waals surface area contributed by atoms with Crippen LogP contribution in [0, 0.1) is 0 Å². The fourth-order valence-corrected chi connectivity index (χ4v) is 2.57. The van der Waals surface area contributed by atoms with Crippen LogP contribution in [0.2, 0.25) is 5.15 Å². The summed E-state index contributed by atoms with van der Waals surface area (Å²) in [5.74, 6) is 0.313. The summed E-state index contributed by atoms with van der Waals surface area (Å²) in [5, 5.41) is 7.87. The summed E-state index contributed by atoms with van der Waals surface area (Å²) in [6, 6.07) is 13.8. The molecule has 0 aliphatic carbocycles. The van der Waals surface area contributed by atoms with E-state index < -0.39 is 0 Å². The van der Waals surface area contributed by atoms with Gasteiger partial charge in [-0.25, -0.2) is 4.68 Å². The third-order valence-electron chi connectivity index (χ3n) is 3.49. The van der Waals surface area contributed by atoms with Crippen LogP contribution in [0.25, 0.3) is 10.8 Å². The molecular formula is C17H14ClN3O3. The Morgan fingerprint density at radius 2 is 1.83 bits per heavy atom. The van der Waals surface area contributed by atoms with Crippen molar-refractivity contribution in [3.63, 3.8) is 0 Å². The Kier molecular flexibility index (Phi) is 4.48. The Morgan fingerprint density at radius 3 is 2.50 bits per heavy atom. The second kappa shape index (κ2) is 6.72. The van der Waals surface area contributed by atoms with E-state index in [1.165, 1.54) is 0 Å². The number of rotatable bonds is 4. The fraction of sp³-hybridized carbons (Fsp3) is 0.118. The van der Waals surface area contributed by atoms with Gasteiger partial charge in [0, 0.05) is 11.1 Å². The molecule has 1 amide bonds. The summed E-state index contributed by atoms with van der Waals surface area (Å²) in [5.41, 5.74) is 0.237. The summed E-state index contributed by atoms with van der Waals surface area (Å²) in [4.78, 5) is 24.5. The summed E-state index contributed by atoms with van der Waals surface area (Å²) >= 11 is 6.09. The average molecular weight is 344 g/mol. The molecule has 0 spiro atoms. The Hall–Kier alpha value is -2.86. The highest BCUT2D eigenvalue weighted by Crippen LogP contribution is 2.18. The maximum atomic E-state index is 12.4. The van der Waals surface area contributed by atoms with Crippen molar-refractivity contribution in [1.82, 2.24) is 9.78 Å². The molecule has 0 aliphatic rings. The van der Waals surface area contributed by atoms with E-state index in [4.69, 9.17) is 16.3 Å². The largest absolute Gasteiger partial charge is 0.497 e. The first kappa shape index (κ1) is 16.0. The second-order valence-electron chi connectivity index (χ2n) is 5.08. The number of hydrogen-bond acceptors (Lipinski definition) is 4. The van der Waals surface area contributed by atoms with Crippen molar-refractivity contribution in [2.45, 2.75) is 6.54 Å². The van der Waals surface area contributed by atoms with Crippen LogP contribution in [-0.2, 0) is 11.3 Å². The zero-order chi connectivity index (χ0) is 17.1. The van der Waals surface area contributed by atoms with Gasteiger partial charge in [0.1, 0.15) is 12.3 Å². The Labute approximate surface area is 142 Å². The summed E-state index contributed by atoms with van der Waals surface area (Å²) in [6.45, 7) is -0.227. The van der Waals surface area contributed by atoms with Gasteiger partial charge in [-0.2, -0.15) is 5.10 Å². The van der Waals surface area contributed by atoms with Crippen molar-refractivity contribution < 1.29 is 9.53 Å². The number of amides is 1. The van der Waals surface area contributed by atoms with Gasteiger partial charge in [-0.15, -0.1) is 0 Å². The lowest BCUT2D eigenvalue weighted by molar-refractivity contribution is -0.117. The molecule has 1 aromatic heterocycles. The maximum Gasteiger partial charge on any atom is 0.275 e. The van der Waals surface area contributed by atoms with Gasteiger partial charge in [-0.05, 0) is 30.3 Å². The summed E-state index contributed by atoms with van der Waals surface area (Å²) < 4.78 is 6.12. The minimum Gasteiger partial charge on any atom is -0.497 e. The molecule has 7 heteroatoms. The summed E-state index contributed by atoms with van der Waals surface area (Å²) in [6.07, 6.45) is 0. The lowest BCUT2D eigenvalue weighted by Gasteiger charge is -2.09. The normalized spacial score (nSPS) is 10.6. The molecule has 0 bridgehead atoms. The predicted molar refractivity (Wildman–Crippen MR) is 92.6 cm³/mol. The highest BCUT2D eigenvalue weighted by molar-refractivity contribution is 6.34. The highest BCUT2D eigenvalue weighted by atomic mass is 35.5. The molecule has 0 radical (unpaired) electrons. The van der Waals surface area contributed by atoms with Crippen LogP contribution in [-0.4, -0.2) is 22.8 Å². The average Bonchev–Trinajstić information content (AvgIpc) is 2.60. The molecule has 0 aliphatic heterocycles. The van der Waals surface area contributed by atoms with Crippen molar-refractivity contribution in [3.05, 3.63) is 64.0 Å². The van der Waals surface area contributed by atoms with Crippen LogP contribution in [0.4, 0.5) is 5.69 Å². The molecule has 0 saturated heterocycles. The number of anilines is 1. The standard InChI is InChI=1S/C17H14ClN3O3/c1-24-12-8-6-11(7-9-12)19-15(22)10-21-17(23)14-5-3-2-4-13(14)16(18)20-21/h2-9H,10H2,1H3,(H,19,22). The minimum atomic E-state index is -0.374. The van der Waals surface area contributed by atoms with E-state index in [1.807, 2.05) is 0 Å². The van der Waals surface area contributed by atoms with Crippen molar-refractivity contribution in [2.24, 2.45) is 0 Å². The van der Waals surface area contributed by atoms with E-state index in [0.29, 0.717) is 22.2 Å². The number of nitrogens with zero attached hydrogens (tertiary/aromatic N) is 2. The number of hydrogen-bond donors (Lipinski definition) is 1. The van der Waals surface area contributed by atoms with E-state index in [1.54, 1.807) is 55.6 Å². The number of halogens is 1. The maximum absolute atomic E-state index is 12.4. The Morgan fingerprint density at radius 1 is 1.17 bits per heavy atom. The van der Waals surface area contributed by atoms with Crippen molar-refractivity contribution in [1.29, 1.82) is 0 Å². The number of fused-ring (bicyclic) bond motifs is 1. The van der Waals surface area contributed by atoms with E-state index in [9.17, 15) is 9.59 Å². The number of carbonyl (C=O) groups excluding carboxylic acids is 1. The third kappa shape index (κ3) is 3.23. The van der Waals surface area contributed by atoms with E-state index in [2.05, 4.69) is 10.4 Å².